The van der Waals surface area contributed by atoms with E-state index in [1.807, 2.05) is 18.9 Å². The lowest BCUT2D eigenvalue weighted by atomic mass is 10.3. The average molecular weight is 223 g/mol. The minimum absolute atomic E-state index is 0.0492. The Morgan fingerprint density at radius 1 is 1.56 bits per heavy atom. The van der Waals surface area contributed by atoms with Crippen molar-refractivity contribution in [2.45, 2.75) is 6.92 Å². The highest BCUT2D eigenvalue weighted by atomic mass is 16.5. The van der Waals surface area contributed by atoms with Gasteiger partial charge >= 0.3 is 0 Å². The quantitative estimate of drug-likeness (QED) is 0.548. The maximum absolute atomic E-state index is 7.35. The Morgan fingerprint density at radius 2 is 2.25 bits per heavy atom. The molecule has 0 spiro atoms. The van der Waals surface area contributed by atoms with Gasteiger partial charge in [-0.2, -0.15) is 0 Å². The molecule has 0 aliphatic heterocycles. The van der Waals surface area contributed by atoms with Gasteiger partial charge in [-0.1, -0.05) is 0 Å². The molecule has 0 aromatic carbocycles. The molecular formula is C10H17N5O. The monoisotopic (exact) mass is 223 g/mol. The molecule has 0 aliphatic carbocycles. The van der Waals surface area contributed by atoms with Crippen LogP contribution >= 0.6 is 0 Å². The number of nitrogens with one attached hydrogen (secondary N) is 1. The topological polar surface area (TPSA) is 88.1 Å². The minimum Gasteiger partial charge on any atom is -0.383 e. The van der Waals surface area contributed by atoms with E-state index in [2.05, 4.69) is 9.97 Å². The lowest BCUT2D eigenvalue weighted by Crippen LogP contribution is -2.26. The number of rotatable bonds is 5. The maximum atomic E-state index is 7.35. The number of nitrogen functional groups attached to an aromatic ring is 1. The highest BCUT2D eigenvalue weighted by Gasteiger charge is 2.08. The third kappa shape index (κ3) is 3.16. The fourth-order valence-corrected chi connectivity index (χ4v) is 1.19. The molecule has 0 unspecified atom stereocenters. The van der Waals surface area contributed by atoms with Crippen LogP contribution in [0.3, 0.4) is 0 Å². The first-order valence-electron chi connectivity index (χ1n) is 4.94. The molecule has 0 amide bonds. The second kappa shape index (κ2) is 5.41. The van der Waals surface area contributed by atoms with Crippen LogP contribution in [0.1, 0.15) is 11.4 Å². The van der Waals surface area contributed by atoms with E-state index in [9.17, 15) is 0 Å². The van der Waals surface area contributed by atoms with Gasteiger partial charge in [-0.15, -0.1) is 0 Å². The number of nitrogens with two attached hydrogens (primary N) is 1. The first kappa shape index (κ1) is 12.4. The zero-order chi connectivity index (χ0) is 12.1. The van der Waals surface area contributed by atoms with E-state index in [1.165, 1.54) is 0 Å². The van der Waals surface area contributed by atoms with Crippen LogP contribution in [0.4, 0.5) is 5.95 Å². The van der Waals surface area contributed by atoms with Gasteiger partial charge in [0, 0.05) is 26.4 Å². The Labute approximate surface area is 95.0 Å². The number of hydrogen-bond acceptors (Lipinski definition) is 5. The molecule has 1 heterocycles. The van der Waals surface area contributed by atoms with E-state index in [-0.39, 0.29) is 5.84 Å². The molecule has 0 atom stereocenters. The molecule has 0 saturated heterocycles. The first-order valence-corrected chi connectivity index (χ1v) is 4.94. The van der Waals surface area contributed by atoms with Gasteiger partial charge in [-0.25, -0.2) is 9.97 Å². The van der Waals surface area contributed by atoms with Crippen molar-refractivity contribution in [3.05, 3.63) is 17.5 Å². The molecule has 3 N–H and O–H groups in total. The number of methoxy groups -OCH3 is 1. The fourth-order valence-electron chi connectivity index (χ4n) is 1.19. The molecular weight excluding hydrogens is 206 g/mol. The number of ether oxygens (including phenoxy) is 1. The van der Waals surface area contributed by atoms with Crippen molar-refractivity contribution in [3.63, 3.8) is 0 Å². The van der Waals surface area contributed by atoms with Crippen molar-refractivity contribution in [1.29, 1.82) is 5.41 Å². The number of nitrogens with zero attached hydrogens (tertiary/aromatic N) is 3. The van der Waals surface area contributed by atoms with Crippen molar-refractivity contribution in [2.24, 2.45) is 5.73 Å². The maximum Gasteiger partial charge on any atom is 0.226 e. The summed E-state index contributed by atoms with van der Waals surface area (Å²) in [6, 6.07) is 1.69. The number of hydrogen-bond donors (Lipinski definition) is 2. The van der Waals surface area contributed by atoms with Crippen LogP contribution in [0.5, 0.6) is 0 Å². The van der Waals surface area contributed by atoms with Crippen molar-refractivity contribution in [3.8, 4) is 0 Å². The molecule has 1 rings (SSSR count). The predicted molar refractivity (Wildman–Crippen MR) is 62.9 cm³/mol. The van der Waals surface area contributed by atoms with Crippen molar-refractivity contribution in [1.82, 2.24) is 9.97 Å². The molecule has 0 fully saturated rings. The zero-order valence-corrected chi connectivity index (χ0v) is 9.82. The van der Waals surface area contributed by atoms with Gasteiger partial charge < -0.3 is 15.4 Å². The summed E-state index contributed by atoms with van der Waals surface area (Å²) in [5.41, 5.74) is 6.64. The Balaban J connectivity index is 2.91. The van der Waals surface area contributed by atoms with E-state index in [0.717, 1.165) is 5.69 Å². The SMILES string of the molecule is COCCN(C)c1nc(C)cc(C(=N)N)n1. The fraction of sp³-hybridized carbons (Fsp3) is 0.500. The molecule has 16 heavy (non-hydrogen) atoms. The smallest absolute Gasteiger partial charge is 0.226 e. The summed E-state index contributed by atoms with van der Waals surface area (Å²) < 4.78 is 4.98. The van der Waals surface area contributed by atoms with Crippen LogP contribution in [0.15, 0.2) is 6.07 Å². The summed E-state index contributed by atoms with van der Waals surface area (Å²) >= 11 is 0. The van der Waals surface area contributed by atoms with E-state index < -0.39 is 0 Å². The number of anilines is 1. The summed E-state index contributed by atoms with van der Waals surface area (Å²) in [4.78, 5) is 10.3. The van der Waals surface area contributed by atoms with Crippen LogP contribution in [0.2, 0.25) is 0 Å². The molecule has 0 saturated carbocycles. The van der Waals surface area contributed by atoms with Crippen LogP contribution in [-0.4, -0.2) is 43.1 Å². The summed E-state index contributed by atoms with van der Waals surface area (Å²) in [5, 5.41) is 7.35. The molecule has 0 aliphatic rings. The Hall–Kier alpha value is -1.69. The summed E-state index contributed by atoms with van der Waals surface area (Å²) in [6.07, 6.45) is 0. The van der Waals surface area contributed by atoms with Crippen LogP contribution < -0.4 is 10.6 Å². The normalized spacial score (nSPS) is 10.2. The summed E-state index contributed by atoms with van der Waals surface area (Å²) in [6.45, 7) is 3.14. The first-order chi connectivity index (χ1) is 7.54. The van der Waals surface area contributed by atoms with Gasteiger partial charge in [-0.3, -0.25) is 5.41 Å². The van der Waals surface area contributed by atoms with E-state index in [4.69, 9.17) is 15.9 Å². The highest BCUT2D eigenvalue weighted by Crippen LogP contribution is 2.08. The number of amidine groups is 1. The second-order valence-electron chi connectivity index (χ2n) is 3.52. The van der Waals surface area contributed by atoms with E-state index in [1.54, 1.807) is 13.2 Å². The number of likely N-dealkylation sites (N-methyl/N-ethyl adjacent to an activating group) is 1. The minimum atomic E-state index is -0.0492. The molecule has 0 radical (unpaired) electrons. The molecule has 6 heteroatoms. The molecule has 1 aromatic rings. The highest BCUT2D eigenvalue weighted by molar-refractivity contribution is 5.93. The van der Waals surface area contributed by atoms with Gasteiger partial charge in [0.25, 0.3) is 0 Å². The zero-order valence-electron chi connectivity index (χ0n) is 9.82. The van der Waals surface area contributed by atoms with Gasteiger partial charge in [0.15, 0.2) is 0 Å². The van der Waals surface area contributed by atoms with Gasteiger partial charge in [0.1, 0.15) is 11.5 Å². The van der Waals surface area contributed by atoms with E-state index in [0.29, 0.717) is 24.8 Å². The molecule has 1 aromatic heterocycles. The van der Waals surface area contributed by atoms with Gasteiger partial charge in [-0.05, 0) is 13.0 Å². The largest absolute Gasteiger partial charge is 0.383 e. The van der Waals surface area contributed by atoms with Gasteiger partial charge in [0.05, 0.1) is 6.61 Å². The van der Waals surface area contributed by atoms with Gasteiger partial charge in [0.2, 0.25) is 5.95 Å². The molecule has 88 valence electrons. The average Bonchev–Trinajstić information content (AvgIpc) is 2.24. The number of aryl methyl sites for hydroxylation is 1. The van der Waals surface area contributed by atoms with Crippen molar-refractivity contribution < 1.29 is 4.74 Å². The van der Waals surface area contributed by atoms with Crippen molar-refractivity contribution in [2.75, 3.05) is 32.2 Å². The summed E-state index contributed by atoms with van der Waals surface area (Å²) in [5.74, 6) is 0.508. The van der Waals surface area contributed by atoms with Crippen LogP contribution in [0, 0.1) is 12.3 Å². The third-order valence-corrected chi connectivity index (χ3v) is 2.09. The van der Waals surface area contributed by atoms with Crippen LogP contribution in [-0.2, 0) is 4.74 Å². The Kier molecular flexibility index (Phi) is 4.19. The second-order valence-corrected chi connectivity index (χ2v) is 3.52. The number of aromatic nitrogens is 2. The third-order valence-electron chi connectivity index (χ3n) is 2.09. The lowest BCUT2D eigenvalue weighted by molar-refractivity contribution is 0.206. The Morgan fingerprint density at radius 3 is 2.81 bits per heavy atom. The van der Waals surface area contributed by atoms with E-state index >= 15 is 0 Å². The summed E-state index contributed by atoms with van der Waals surface area (Å²) in [7, 11) is 3.52. The van der Waals surface area contributed by atoms with Crippen molar-refractivity contribution >= 4 is 11.8 Å². The van der Waals surface area contributed by atoms with Crippen LogP contribution in [0.25, 0.3) is 0 Å². The predicted octanol–water partition coefficient (Wildman–Crippen LogP) is 0.152. The lowest BCUT2D eigenvalue weighted by Gasteiger charge is -2.17. The standard InChI is InChI=1S/C10H17N5O/c1-7-6-8(9(11)12)14-10(13-7)15(2)4-5-16-3/h6H,4-5H2,1-3H3,(H3,11,12). The molecule has 0 bridgehead atoms. The Bertz CT molecular complexity index is 379. The molecule has 6 nitrogen and oxygen atoms in total.